The highest BCUT2D eigenvalue weighted by Crippen LogP contribution is 2.28. The van der Waals surface area contributed by atoms with Crippen LogP contribution in [0.2, 0.25) is 0 Å². The van der Waals surface area contributed by atoms with Gasteiger partial charge in [0, 0.05) is 0 Å². The van der Waals surface area contributed by atoms with Crippen molar-refractivity contribution in [3.05, 3.63) is 0 Å². The summed E-state index contributed by atoms with van der Waals surface area (Å²) in [6.07, 6.45) is 117. The maximum Gasteiger partial charge on any atom is -0.0414 e. The summed E-state index contributed by atoms with van der Waals surface area (Å²) < 4.78 is 0. The van der Waals surface area contributed by atoms with Gasteiger partial charge in [0.05, 0.1) is 0 Å². The van der Waals surface area contributed by atoms with Crippen molar-refractivity contribution in [3.8, 4) is 0 Å². The van der Waals surface area contributed by atoms with Crippen LogP contribution in [0.15, 0.2) is 0 Å². The van der Waals surface area contributed by atoms with Crippen molar-refractivity contribution in [3.63, 3.8) is 0 Å². The molecule has 0 atom stereocenters. The van der Waals surface area contributed by atoms with Crippen molar-refractivity contribution in [1.29, 1.82) is 0 Å². The van der Waals surface area contributed by atoms with Crippen LogP contribution >= 0.6 is 0 Å². The summed E-state index contributed by atoms with van der Waals surface area (Å²) in [7, 11) is 0. The van der Waals surface area contributed by atoms with Gasteiger partial charge < -0.3 is 0 Å². The van der Waals surface area contributed by atoms with Gasteiger partial charge >= 0.3 is 0 Å². The van der Waals surface area contributed by atoms with Gasteiger partial charge in [-0.1, -0.05) is 508 Å². The fraction of sp³-hybridized carbons (Fsp3) is 1.00. The van der Waals surface area contributed by atoms with Crippen LogP contribution in [0.25, 0.3) is 0 Å². The zero-order valence-corrected chi connectivity index (χ0v) is 56.7. The molecule has 0 spiro atoms. The van der Waals surface area contributed by atoms with Crippen molar-refractivity contribution in [2.24, 2.45) is 5.92 Å². The summed E-state index contributed by atoms with van der Waals surface area (Å²) >= 11 is 0. The molecule has 0 heterocycles. The van der Waals surface area contributed by atoms with Gasteiger partial charge in [-0.3, -0.25) is 0 Å². The van der Waals surface area contributed by atoms with E-state index in [1.807, 2.05) is 0 Å². The molecule has 1 rings (SSSR count). The number of unbranched alkanes of at least 4 members (excludes halogenated alkanes) is 71. The monoisotopic (exact) mass is 1120 g/mol. The van der Waals surface area contributed by atoms with Crippen LogP contribution < -0.4 is 0 Å². The smallest absolute Gasteiger partial charge is 0.0414 e. The van der Waals surface area contributed by atoms with Gasteiger partial charge in [-0.05, 0) is 5.92 Å². The van der Waals surface area contributed by atoms with E-state index in [9.17, 15) is 0 Å². The Morgan fingerprint density at radius 1 is 0.138 bits per heavy atom. The minimum absolute atomic E-state index is 1.10. The molecule has 0 saturated heterocycles. The van der Waals surface area contributed by atoms with Crippen LogP contribution in [0.1, 0.15) is 508 Å². The molecule has 0 N–H and O–H groups in total. The van der Waals surface area contributed by atoms with Crippen molar-refractivity contribution in [2.75, 3.05) is 0 Å². The molecular weight excluding hydrogens is 961 g/mol. The van der Waals surface area contributed by atoms with Gasteiger partial charge in [-0.15, -0.1) is 0 Å². The molecule has 0 unspecified atom stereocenters. The van der Waals surface area contributed by atoms with Crippen LogP contribution in [0, 0.1) is 5.92 Å². The number of hydrogen-bond donors (Lipinski definition) is 0. The topological polar surface area (TPSA) is 0 Å². The number of hydrogen-bond acceptors (Lipinski definition) is 0. The van der Waals surface area contributed by atoms with E-state index < -0.39 is 0 Å². The van der Waals surface area contributed by atoms with E-state index in [0.717, 1.165) is 5.92 Å². The van der Waals surface area contributed by atoms with Gasteiger partial charge in [0.2, 0.25) is 0 Å². The second kappa shape index (κ2) is 73.3. The van der Waals surface area contributed by atoms with Crippen LogP contribution in [0.4, 0.5) is 0 Å². The third-order valence-electron chi connectivity index (χ3n) is 20.2. The lowest BCUT2D eigenvalue weighted by Crippen LogP contribution is -2.05. The van der Waals surface area contributed by atoms with E-state index in [1.54, 1.807) is 19.3 Å². The molecule has 1 aliphatic rings. The molecule has 0 aromatic rings. The Morgan fingerprint density at radius 2 is 0.250 bits per heavy atom. The third kappa shape index (κ3) is 68.8. The van der Waals surface area contributed by atoms with E-state index in [1.165, 1.54) is 482 Å². The minimum atomic E-state index is 1.10. The van der Waals surface area contributed by atoms with Crippen molar-refractivity contribution in [1.82, 2.24) is 0 Å². The van der Waals surface area contributed by atoms with Crippen molar-refractivity contribution in [2.45, 2.75) is 508 Å². The van der Waals surface area contributed by atoms with Crippen LogP contribution in [0.5, 0.6) is 0 Å². The predicted octanol–water partition coefficient (Wildman–Crippen LogP) is 31.1. The summed E-state index contributed by atoms with van der Waals surface area (Å²) in [5.74, 6) is 1.10. The molecule has 1 fully saturated rings. The summed E-state index contributed by atoms with van der Waals surface area (Å²) in [5.41, 5.74) is 0. The van der Waals surface area contributed by atoms with E-state index in [4.69, 9.17) is 0 Å². The Bertz CT molecular complexity index is 1020. The zero-order valence-electron chi connectivity index (χ0n) is 56.7. The largest absolute Gasteiger partial charge is 0.0654 e. The lowest BCUT2D eigenvalue weighted by molar-refractivity contribution is 0.328. The Balaban J connectivity index is 1.58. The highest BCUT2D eigenvalue weighted by atomic mass is 14.2. The van der Waals surface area contributed by atoms with Crippen molar-refractivity contribution < 1.29 is 0 Å². The van der Waals surface area contributed by atoms with Crippen molar-refractivity contribution >= 4 is 0 Å². The first-order chi connectivity index (χ1) is 39.9. The maximum atomic E-state index is 2.32. The van der Waals surface area contributed by atoms with Gasteiger partial charge in [0.25, 0.3) is 0 Å². The standard InChI is InChI=1S/C80H160/c1-2-3-4-5-6-7-8-9-10-11-12-13-14-15-16-17-18-19-20-21-22-23-24-25-26-27-28-29-30-31-32-33-34-35-36-37-38-39-40-41-42-43-44-45-46-47-48-49-50-51-52-53-54-55-56-57-58-59-60-61-62-63-64-65-66-67-68-69-70-71-72-74-77-80-78-75-73-76-79-80/h80H,2-79H2,1H3. The van der Waals surface area contributed by atoms with Crippen LogP contribution in [-0.2, 0) is 0 Å². The van der Waals surface area contributed by atoms with Gasteiger partial charge in [0.1, 0.15) is 0 Å². The average molecular weight is 1120 g/mol. The lowest BCUT2D eigenvalue weighted by Gasteiger charge is -2.21. The first kappa shape index (κ1) is 78.0. The molecular formula is C80H160. The Kier molecular flexibility index (Phi) is 71.4. The van der Waals surface area contributed by atoms with Crippen LogP contribution in [0.3, 0.4) is 0 Å². The molecule has 480 valence electrons. The number of rotatable bonds is 73. The quantitative estimate of drug-likeness (QED) is 0.0533. The molecule has 0 aromatic carbocycles. The van der Waals surface area contributed by atoms with E-state index >= 15 is 0 Å². The maximum absolute atomic E-state index is 2.32. The fourth-order valence-electron chi connectivity index (χ4n) is 14.4. The lowest BCUT2D eigenvalue weighted by atomic mass is 9.85. The van der Waals surface area contributed by atoms with Crippen LogP contribution in [-0.4, -0.2) is 0 Å². The summed E-state index contributed by atoms with van der Waals surface area (Å²) in [6, 6.07) is 0. The highest BCUT2D eigenvalue weighted by Gasteiger charge is 2.12. The molecule has 0 radical (unpaired) electrons. The summed E-state index contributed by atoms with van der Waals surface area (Å²) in [6.45, 7) is 2.32. The molecule has 0 amide bonds. The molecule has 0 nitrogen and oxygen atoms in total. The first-order valence-electron chi connectivity index (χ1n) is 39.9. The van der Waals surface area contributed by atoms with Gasteiger partial charge in [0.15, 0.2) is 0 Å². The Morgan fingerprint density at radius 3 is 0.375 bits per heavy atom. The summed E-state index contributed by atoms with van der Waals surface area (Å²) in [4.78, 5) is 0. The van der Waals surface area contributed by atoms with Gasteiger partial charge in [-0.2, -0.15) is 0 Å². The first-order valence-corrected chi connectivity index (χ1v) is 39.9. The highest BCUT2D eigenvalue weighted by molar-refractivity contribution is 4.66. The Labute approximate surface area is 511 Å². The van der Waals surface area contributed by atoms with E-state index in [-0.39, 0.29) is 0 Å². The minimum Gasteiger partial charge on any atom is -0.0654 e. The fourth-order valence-corrected chi connectivity index (χ4v) is 14.4. The molecule has 0 heteroatoms. The molecule has 80 heavy (non-hydrogen) atoms. The molecule has 0 aliphatic heterocycles. The van der Waals surface area contributed by atoms with Gasteiger partial charge in [-0.25, -0.2) is 0 Å². The second-order valence-corrected chi connectivity index (χ2v) is 28.4. The molecule has 1 aliphatic carbocycles. The third-order valence-corrected chi connectivity index (χ3v) is 20.2. The van der Waals surface area contributed by atoms with E-state index in [2.05, 4.69) is 6.92 Å². The molecule has 0 aromatic heterocycles. The predicted molar refractivity (Wildman–Crippen MR) is 369 cm³/mol. The molecule has 1 saturated carbocycles. The zero-order chi connectivity index (χ0) is 56.7. The SMILES string of the molecule is CCCCCCCCCCCCCCCCCCCCCCCCCCCCCCCCCCCCCCCCCCCCCCCCCCCCCCCCCCCCCCCCCCCCCCCCCCC1CCCCC1. The molecule has 0 bridgehead atoms. The Hall–Kier alpha value is 0. The average Bonchev–Trinajstić information content (AvgIpc) is 3.47. The van der Waals surface area contributed by atoms with E-state index in [0.29, 0.717) is 0 Å². The normalized spacial score (nSPS) is 13.2. The second-order valence-electron chi connectivity index (χ2n) is 28.4. The summed E-state index contributed by atoms with van der Waals surface area (Å²) in [5, 5.41) is 0.